The number of benzene rings is 1. The minimum Gasteiger partial charge on any atom is -0.382 e. The molecule has 0 saturated carbocycles. The van der Waals surface area contributed by atoms with Crippen molar-refractivity contribution in [2.24, 2.45) is 5.92 Å². The Bertz CT molecular complexity index is 340. The zero-order valence-corrected chi connectivity index (χ0v) is 11.5. The van der Waals surface area contributed by atoms with Gasteiger partial charge in [-0.15, -0.1) is 0 Å². The standard InChI is InChI=1S/C15H24O2/c1-11(2)13-6-8-14(9-7-13)15(16,10-17-5)12(3)4/h6-9,11-12,16H,10H2,1-5H3. The minimum atomic E-state index is -0.899. The SMILES string of the molecule is COCC(O)(c1ccc(C(C)C)cc1)C(C)C. The summed E-state index contributed by atoms with van der Waals surface area (Å²) in [6.07, 6.45) is 0. The molecule has 0 saturated heterocycles. The van der Waals surface area contributed by atoms with Crippen molar-refractivity contribution < 1.29 is 9.84 Å². The van der Waals surface area contributed by atoms with Gasteiger partial charge in [0.05, 0.1) is 6.61 Å². The first-order valence-corrected chi connectivity index (χ1v) is 6.23. The fourth-order valence-corrected chi connectivity index (χ4v) is 1.96. The van der Waals surface area contributed by atoms with Crippen molar-refractivity contribution in [1.82, 2.24) is 0 Å². The van der Waals surface area contributed by atoms with Crippen LogP contribution in [-0.4, -0.2) is 18.8 Å². The lowest BCUT2D eigenvalue weighted by molar-refractivity contribution is -0.0700. The Labute approximate surface area is 105 Å². The highest BCUT2D eigenvalue weighted by Gasteiger charge is 2.33. The Morgan fingerprint density at radius 1 is 1.12 bits per heavy atom. The number of rotatable bonds is 5. The molecule has 1 aromatic rings. The molecule has 1 atom stereocenters. The van der Waals surface area contributed by atoms with E-state index in [1.807, 2.05) is 26.0 Å². The van der Waals surface area contributed by atoms with E-state index >= 15 is 0 Å². The second kappa shape index (κ2) is 5.65. The molecule has 0 spiro atoms. The first-order valence-electron chi connectivity index (χ1n) is 6.23. The Hall–Kier alpha value is -0.860. The van der Waals surface area contributed by atoms with Crippen LogP contribution >= 0.6 is 0 Å². The van der Waals surface area contributed by atoms with Gasteiger partial charge in [0, 0.05) is 7.11 Å². The van der Waals surface area contributed by atoms with Crippen molar-refractivity contribution in [3.05, 3.63) is 35.4 Å². The van der Waals surface area contributed by atoms with Crippen LogP contribution in [0.1, 0.15) is 44.7 Å². The maximum atomic E-state index is 10.7. The van der Waals surface area contributed by atoms with E-state index in [1.54, 1.807) is 7.11 Å². The quantitative estimate of drug-likeness (QED) is 0.850. The summed E-state index contributed by atoms with van der Waals surface area (Å²) in [5.41, 5.74) is 1.32. The van der Waals surface area contributed by atoms with Gasteiger partial charge in [-0.05, 0) is 23.0 Å². The van der Waals surface area contributed by atoms with Gasteiger partial charge < -0.3 is 9.84 Å². The molecule has 0 aliphatic rings. The van der Waals surface area contributed by atoms with Gasteiger partial charge >= 0.3 is 0 Å². The Balaban J connectivity index is 3.04. The van der Waals surface area contributed by atoms with Crippen LogP contribution in [-0.2, 0) is 10.3 Å². The van der Waals surface area contributed by atoms with Crippen LogP contribution in [0.25, 0.3) is 0 Å². The molecule has 0 aliphatic carbocycles. The molecular formula is C15H24O2. The lowest BCUT2D eigenvalue weighted by atomic mass is 9.83. The zero-order valence-electron chi connectivity index (χ0n) is 11.5. The largest absolute Gasteiger partial charge is 0.382 e. The fourth-order valence-electron chi connectivity index (χ4n) is 1.96. The summed E-state index contributed by atoms with van der Waals surface area (Å²) in [7, 11) is 1.62. The van der Waals surface area contributed by atoms with Crippen LogP contribution in [0.5, 0.6) is 0 Å². The molecule has 0 heterocycles. The van der Waals surface area contributed by atoms with Gasteiger partial charge in [-0.3, -0.25) is 0 Å². The predicted molar refractivity (Wildman–Crippen MR) is 71.1 cm³/mol. The van der Waals surface area contributed by atoms with E-state index in [0.717, 1.165) is 5.56 Å². The predicted octanol–water partition coefficient (Wildman–Crippen LogP) is 3.30. The Morgan fingerprint density at radius 2 is 1.65 bits per heavy atom. The first kappa shape index (κ1) is 14.2. The van der Waals surface area contributed by atoms with Crippen LogP contribution in [0.2, 0.25) is 0 Å². The Morgan fingerprint density at radius 3 is 2.00 bits per heavy atom. The molecule has 1 unspecified atom stereocenters. The molecule has 0 radical (unpaired) electrons. The number of methoxy groups -OCH3 is 1. The van der Waals surface area contributed by atoms with Crippen molar-refractivity contribution in [3.8, 4) is 0 Å². The number of hydrogen-bond donors (Lipinski definition) is 1. The highest BCUT2D eigenvalue weighted by Crippen LogP contribution is 2.30. The highest BCUT2D eigenvalue weighted by atomic mass is 16.5. The summed E-state index contributed by atoms with van der Waals surface area (Å²) < 4.78 is 5.15. The number of ether oxygens (including phenoxy) is 1. The van der Waals surface area contributed by atoms with Gasteiger partial charge in [0.25, 0.3) is 0 Å². The smallest absolute Gasteiger partial charge is 0.115 e. The normalized spacial score (nSPS) is 15.3. The van der Waals surface area contributed by atoms with Crippen molar-refractivity contribution >= 4 is 0 Å². The average molecular weight is 236 g/mol. The van der Waals surface area contributed by atoms with Crippen molar-refractivity contribution in [3.63, 3.8) is 0 Å². The molecule has 0 fully saturated rings. The second-order valence-corrected chi connectivity index (χ2v) is 5.29. The van der Waals surface area contributed by atoms with Gasteiger partial charge in [-0.2, -0.15) is 0 Å². The molecule has 96 valence electrons. The molecule has 2 heteroatoms. The third-order valence-corrected chi connectivity index (χ3v) is 3.40. The van der Waals surface area contributed by atoms with Gasteiger partial charge in [0.1, 0.15) is 5.60 Å². The third-order valence-electron chi connectivity index (χ3n) is 3.40. The molecule has 17 heavy (non-hydrogen) atoms. The van der Waals surface area contributed by atoms with Crippen LogP contribution in [0, 0.1) is 5.92 Å². The van der Waals surface area contributed by atoms with E-state index in [-0.39, 0.29) is 5.92 Å². The lowest BCUT2D eigenvalue weighted by Crippen LogP contribution is -2.36. The summed E-state index contributed by atoms with van der Waals surface area (Å²) in [5, 5.41) is 10.7. The summed E-state index contributed by atoms with van der Waals surface area (Å²) in [4.78, 5) is 0. The highest BCUT2D eigenvalue weighted by molar-refractivity contribution is 5.29. The van der Waals surface area contributed by atoms with Crippen molar-refractivity contribution in [1.29, 1.82) is 0 Å². The summed E-state index contributed by atoms with van der Waals surface area (Å²) in [6.45, 7) is 8.67. The molecule has 0 amide bonds. The van der Waals surface area contributed by atoms with Crippen molar-refractivity contribution in [2.45, 2.75) is 39.2 Å². The van der Waals surface area contributed by atoms with Gasteiger partial charge in [-0.1, -0.05) is 52.0 Å². The van der Waals surface area contributed by atoms with E-state index in [2.05, 4.69) is 26.0 Å². The third kappa shape index (κ3) is 3.08. The molecule has 0 aliphatic heterocycles. The van der Waals surface area contributed by atoms with E-state index < -0.39 is 5.60 Å². The van der Waals surface area contributed by atoms with Gasteiger partial charge in [0.15, 0.2) is 0 Å². The molecule has 1 N–H and O–H groups in total. The monoisotopic (exact) mass is 236 g/mol. The number of hydrogen-bond acceptors (Lipinski definition) is 2. The molecule has 1 rings (SSSR count). The second-order valence-electron chi connectivity index (χ2n) is 5.29. The molecule has 1 aromatic carbocycles. The van der Waals surface area contributed by atoms with E-state index in [4.69, 9.17) is 4.74 Å². The molecule has 0 aromatic heterocycles. The summed E-state index contributed by atoms with van der Waals surface area (Å²) >= 11 is 0. The summed E-state index contributed by atoms with van der Waals surface area (Å²) in [5.74, 6) is 0.631. The van der Waals surface area contributed by atoms with E-state index in [9.17, 15) is 5.11 Å². The maximum Gasteiger partial charge on any atom is 0.115 e. The van der Waals surface area contributed by atoms with Crippen LogP contribution < -0.4 is 0 Å². The summed E-state index contributed by atoms with van der Waals surface area (Å²) in [6, 6.07) is 8.19. The van der Waals surface area contributed by atoms with Gasteiger partial charge in [-0.25, -0.2) is 0 Å². The Kier molecular flexibility index (Phi) is 4.72. The van der Waals surface area contributed by atoms with Crippen LogP contribution in [0.3, 0.4) is 0 Å². The first-order chi connectivity index (χ1) is 7.91. The maximum absolute atomic E-state index is 10.7. The minimum absolute atomic E-state index is 0.118. The van der Waals surface area contributed by atoms with Crippen molar-refractivity contribution in [2.75, 3.05) is 13.7 Å². The van der Waals surface area contributed by atoms with Crippen LogP contribution in [0.4, 0.5) is 0 Å². The molecule has 2 nitrogen and oxygen atoms in total. The average Bonchev–Trinajstić information content (AvgIpc) is 2.29. The lowest BCUT2D eigenvalue weighted by Gasteiger charge is -2.32. The van der Waals surface area contributed by atoms with Gasteiger partial charge in [0.2, 0.25) is 0 Å². The van der Waals surface area contributed by atoms with E-state index in [0.29, 0.717) is 12.5 Å². The number of aliphatic hydroxyl groups is 1. The zero-order chi connectivity index (χ0) is 13.1. The van der Waals surface area contributed by atoms with Crippen LogP contribution in [0.15, 0.2) is 24.3 Å². The van der Waals surface area contributed by atoms with E-state index in [1.165, 1.54) is 5.56 Å². The topological polar surface area (TPSA) is 29.5 Å². The molecule has 0 bridgehead atoms. The fraction of sp³-hybridized carbons (Fsp3) is 0.600. The molecular weight excluding hydrogens is 212 g/mol.